The summed E-state index contributed by atoms with van der Waals surface area (Å²) in [4.78, 5) is 11.4. The van der Waals surface area contributed by atoms with Gasteiger partial charge in [-0.1, -0.05) is 12.1 Å². The molecule has 0 aliphatic carbocycles. The van der Waals surface area contributed by atoms with E-state index in [9.17, 15) is 9.18 Å². The normalized spacial score (nSPS) is 13.6. The molecule has 0 spiro atoms. The molecule has 16 heavy (non-hydrogen) atoms. The fourth-order valence-corrected chi connectivity index (χ4v) is 1.23. The van der Waals surface area contributed by atoms with Crippen LogP contribution in [0, 0.1) is 23.1 Å². The Morgan fingerprint density at radius 1 is 1.38 bits per heavy atom. The number of carbonyl (C=O) groups is 1. The second-order valence-electron chi connectivity index (χ2n) is 3.63. The summed E-state index contributed by atoms with van der Waals surface area (Å²) in [6, 6.07) is 7.52. The fraction of sp³-hybridized carbons (Fsp3) is 0.333. The maximum absolute atomic E-state index is 12.7. The predicted octanol–water partition coefficient (Wildman–Crippen LogP) is 2.16. The molecule has 0 saturated carbocycles. The van der Waals surface area contributed by atoms with Crippen molar-refractivity contribution in [2.75, 3.05) is 0 Å². The van der Waals surface area contributed by atoms with Crippen LogP contribution in [-0.4, -0.2) is 5.91 Å². The van der Waals surface area contributed by atoms with E-state index < -0.39 is 5.92 Å². The minimum Gasteiger partial charge on any atom is -0.348 e. The van der Waals surface area contributed by atoms with E-state index in [-0.39, 0.29) is 17.8 Å². The lowest BCUT2D eigenvalue weighted by Crippen LogP contribution is -2.30. The van der Waals surface area contributed by atoms with Gasteiger partial charge in [0.2, 0.25) is 5.91 Å². The first-order chi connectivity index (χ1) is 7.54. The Labute approximate surface area is 93.9 Å². The average Bonchev–Trinajstić information content (AvgIpc) is 2.28. The highest BCUT2D eigenvalue weighted by Gasteiger charge is 2.15. The van der Waals surface area contributed by atoms with Crippen LogP contribution < -0.4 is 5.32 Å². The molecule has 84 valence electrons. The summed E-state index contributed by atoms with van der Waals surface area (Å²) in [5.74, 6) is -1.31. The van der Waals surface area contributed by atoms with Gasteiger partial charge in [0.05, 0.1) is 12.1 Å². The molecule has 4 heteroatoms. The van der Waals surface area contributed by atoms with Gasteiger partial charge in [-0.2, -0.15) is 5.26 Å². The lowest BCUT2D eigenvalue weighted by molar-refractivity contribution is -0.123. The number of benzene rings is 1. The smallest absolute Gasteiger partial charge is 0.237 e. The number of halogens is 1. The van der Waals surface area contributed by atoms with Gasteiger partial charge < -0.3 is 5.32 Å². The minimum absolute atomic E-state index is 0.233. The molecule has 0 fully saturated rings. The van der Waals surface area contributed by atoms with E-state index in [0.29, 0.717) is 0 Å². The van der Waals surface area contributed by atoms with Crippen molar-refractivity contribution >= 4 is 5.91 Å². The molecule has 0 saturated heterocycles. The highest BCUT2D eigenvalue weighted by molar-refractivity contribution is 5.80. The number of hydrogen-bond acceptors (Lipinski definition) is 2. The fourth-order valence-electron chi connectivity index (χ4n) is 1.23. The Bertz CT molecular complexity index is 408. The number of nitrogens with one attached hydrogen (secondary N) is 1. The SMILES string of the molecule is CC(C#N)C(=O)NC(C)c1ccc(F)cc1. The zero-order valence-electron chi connectivity index (χ0n) is 9.20. The molecule has 0 aliphatic rings. The predicted molar refractivity (Wildman–Crippen MR) is 57.7 cm³/mol. The summed E-state index contributed by atoms with van der Waals surface area (Å²) in [7, 11) is 0. The Hall–Kier alpha value is -1.89. The van der Waals surface area contributed by atoms with Gasteiger partial charge in [0.1, 0.15) is 11.7 Å². The maximum atomic E-state index is 12.7. The minimum atomic E-state index is -0.678. The summed E-state index contributed by atoms with van der Waals surface area (Å²) in [6.45, 7) is 3.32. The van der Waals surface area contributed by atoms with Gasteiger partial charge in [0.25, 0.3) is 0 Å². The molecular weight excluding hydrogens is 207 g/mol. The summed E-state index contributed by atoms with van der Waals surface area (Å²) < 4.78 is 12.7. The molecule has 3 nitrogen and oxygen atoms in total. The Morgan fingerprint density at radius 2 is 1.94 bits per heavy atom. The van der Waals surface area contributed by atoms with Crippen molar-refractivity contribution in [3.63, 3.8) is 0 Å². The van der Waals surface area contributed by atoms with Gasteiger partial charge in [-0.15, -0.1) is 0 Å². The van der Waals surface area contributed by atoms with Gasteiger partial charge in [-0.05, 0) is 31.5 Å². The van der Waals surface area contributed by atoms with Crippen molar-refractivity contribution in [2.24, 2.45) is 5.92 Å². The van der Waals surface area contributed by atoms with E-state index in [4.69, 9.17) is 5.26 Å². The van der Waals surface area contributed by atoms with Crippen LogP contribution in [0.2, 0.25) is 0 Å². The first-order valence-corrected chi connectivity index (χ1v) is 5.00. The van der Waals surface area contributed by atoms with Gasteiger partial charge in [-0.25, -0.2) is 4.39 Å². The summed E-state index contributed by atoms with van der Waals surface area (Å²) in [5, 5.41) is 11.2. The maximum Gasteiger partial charge on any atom is 0.237 e. The van der Waals surface area contributed by atoms with Crippen LogP contribution in [0.25, 0.3) is 0 Å². The molecule has 0 bridgehead atoms. The number of carbonyl (C=O) groups excluding carboxylic acids is 1. The molecule has 2 atom stereocenters. The van der Waals surface area contributed by atoms with E-state index in [1.54, 1.807) is 19.1 Å². The summed E-state index contributed by atoms with van der Waals surface area (Å²) in [5.41, 5.74) is 0.805. The quantitative estimate of drug-likeness (QED) is 0.848. The first-order valence-electron chi connectivity index (χ1n) is 5.00. The third kappa shape index (κ3) is 3.06. The van der Waals surface area contributed by atoms with Crippen molar-refractivity contribution in [2.45, 2.75) is 19.9 Å². The van der Waals surface area contributed by atoms with E-state index in [2.05, 4.69) is 5.32 Å². The van der Waals surface area contributed by atoms with Gasteiger partial charge >= 0.3 is 0 Å². The van der Waals surface area contributed by atoms with Crippen LogP contribution >= 0.6 is 0 Å². The number of rotatable bonds is 3. The van der Waals surface area contributed by atoms with Crippen LogP contribution in [0.1, 0.15) is 25.5 Å². The number of nitrogens with zero attached hydrogens (tertiary/aromatic N) is 1. The zero-order chi connectivity index (χ0) is 12.1. The molecule has 2 unspecified atom stereocenters. The summed E-state index contributed by atoms with van der Waals surface area (Å²) in [6.07, 6.45) is 0. The lowest BCUT2D eigenvalue weighted by atomic mass is 10.1. The topological polar surface area (TPSA) is 52.9 Å². The van der Waals surface area contributed by atoms with Crippen molar-refractivity contribution in [1.29, 1.82) is 5.26 Å². The third-order valence-corrected chi connectivity index (χ3v) is 2.32. The van der Waals surface area contributed by atoms with E-state index in [1.165, 1.54) is 19.1 Å². The second kappa shape index (κ2) is 5.26. The molecule has 0 heterocycles. The van der Waals surface area contributed by atoms with Crippen LogP contribution in [0.3, 0.4) is 0 Å². The molecule has 1 rings (SSSR count). The highest BCUT2D eigenvalue weighted by Crippen LogP contribution is 2.13. The first kappa shape index (κ1) is 12.2. The average molecular weight is 220 g/mol. The molecule has 1 N–H and O–H groups in total. The third-order valence-electron chi connectivity index (χ3n) is 2.32. The molecular formula is C12H13FN2O. The monoisotopic (exact) mass is 220 g/mol. The van der Waals surface area contributed by atoms with Crippen LogP contribution in [0.15, 0.2) is 24.3 Å². The summed E-state index contributed by atoms with van der Waals surface area (Å²) >= 11 is 0. The van der Waals surface area contributed by atoms with Crippen molar-refractivity contribution in [1.82, 2.24) is 5.32 Å². The van der Waals surface area contributed by atoms with E-state index >= 15 is 0 Å². The Kier molecular flexibility index (Phi) is 4.01. The highest BCUT2D eigenvalue weighted by atomic mass is 19.1. The number of nitriles is 1. The van der Waals surface area contributed by atoms with Crippen LogP contribution in [0.5, 0.6) is 0 Å². The molecule has 0 aromatic heterocycles. The van der Waals surface area contributed by atoms with Gasteiger partial charge in [0, 0.05) is 0 Å². The van der Waals surface area contributed by atoms with Gasteiger partial charge in [-0.3, -0.25) is 4.79 Å². The largest absolute Gasteiger partial charge is 0.348 e. The van der Waals surface area contributed by atoms with E-state index in [0.717, 1.165) is 5.56 Å². The molecule has 0 aliphatic heterocycles. The van der Waals surface area contributed by atoms with Crippen LogP contribution in [-0.2, 0) is 4.79 Å². The molecule has 1 aromatic rings. The Balaban J connectivity index is 2.66. The number of hydrogen-bond donors (Lipinski definition) is 1. The Morgan fingerprint density at radius 3 is 2.44 bits per heavy atom. The molecule has 1 aromatic carbocycles. The number of amides is 1. The molecule has 0 radical (unpaired) electrons. The standard InChI is InChI=1S/C12H13FN2O/c1-8(7-14)12(16)15-9(2)10-3-5-11(13)6-4-10/h3-6,8-9H,1-2H3,(H,15,16). The van der Waals surface area contributed by atoms with E-state index in [1.807, 2.05) is 6.07 Å². The lowest BCUT2D eigenvalue weighted by Gasteiger charge is -2.14. The molecule has 1 amide bonds. The van der Waals surface area contributed by atoms with Crippen molar-refractivity contribution in [3.05, 3.63) is 35.6 Å². The van der Waals surface area contributed by atoms with Crippen LogP contribution in [0.4, 0.5) is 4.39 Å². The van der Waals surface area contributed by atoms with Gasteiger partial charge in [0.15, 0.2) is 0 Å². The van der Waals surface area contributed by atoms with Crippen molar-refractivity contribution < 1.29 is 9.18 Å². The van der Waals surface area contributed by atoms with Crippen molar-refractivity contribution in [3.8, 4) is 6.07 Å². The second-order valence-corrected chi connectivity index (χ2v) is 3.63. The zero-order valence-corrected chi connectivity index (χ0v) is 9.20.